The molecule has 0 saturated carbocycles. The fourth-order valence-electron chi connectivity index (χ4n) is 1.64. The molecule has 0 fully saturated rings. The molecule has 0 atom stereocenters. The number of nitrogen functional groups attached to an aromatic ring is 1. The van der Waals surface area contributed by atoms with Gasteiger partial charge in [0.05, 0.1) is 13.7 Å². The molecule has 1 heterocycles. The Hall–Kier alpha value is -1.76. The van der Waals surface area contributed by atoms with Crippen molar-refractivity contribution in [2.24, 2.45) is 0 Å². The zero-order chi connectivity index (χ0) is 14.6. The van der Waals surface area contributed by atoms with E-state index < -0.39 is 5.97 Å². The van der Waals surface area contributed by atoms with Crippen molar-refractivity contribution >= 4 is 17.6 Å². The number of esters is 1. The lowest BCUT2D eigenvalue weighted by atomic mass is 10.3. The SMILES string of the molecule is CCN(C)c1nn(CCN(C)C)c(N)c1C(=O)OC. The Morgan fingerprint density at radius 2 is 2.05 bits per heavy atom. The van der Waals surface area contributed by atoms with Crippen LogP contribution in [0, 0.1) is 0 Å². The monoisotopic (exact) mass is 269 g/mol. The lowest BCUT2D eigenvalue weighted by Crippen LogP contribution is -2.21. The molecule has 0 bridgehead atoms. The average molecular weight is 269 g/mol. The van der Waals surface area contributed by atoms with Crippen LogP contribution in [0.5, 0.6) is 0 Å². The van der Waals surface area contributed by atoms with Crippen LogP contribution < -0.4 is 10.6 Å². The highest BCUT2D eigenvalue weighted by atomic mass is 16.5. The third kappa shape index (κ3) is 3.37. The van der Waals surface area contributed by atoms with Crippen LogP contribution >= 0.6 is 0 Å². The van der Waals surface area contributed by atoms with E-state index in [9.17, 15) is 4.79 Å². The zero-order valence-corrected chi connectivity index (χ0v) is 12.3. The molecule has 0 amide bonds. The van der Waals surface area contributed by atoms with Crippen molar-refractivity contribution in [3.05, 3.63) is 5.56 Å². The van der Waals surface area contributed by atoms with Gasteiger partial charge in [-0.1, -0.05) is 0 Å². The summed E-state index contributed by atoms with van der Waals surface area (Å²) < 4.78 is 6.43. The van der Waals surface area contributed by atoms with E-state index in [0.29, 0.717) is 23.7 Å². The van der Waals surface area contributed by atoms with Crippen molar-refractivity contribution in [1.82, 2.24) is 14.7 Å². The van der Waals surface area contributed by atoms with Gasteiger partial charge in [-0.25, -0.2) is 9.48 Å². The maximum Gasteiger partial charge on any atom is 0.345 e. The zero-order valence-electron chi connectivity index (χ0n) is 12.3. The number of hydrogen-bond acceptors (Lipinski definition) is 6. The normalized spacial score (nSPS) is 10.8. The van der Waals surface area contributed by atoms with Crippen LogP contribution in [0.4, 0.5) is 11.6 Å². The van der Waals surface area contributed by atoms with Gasteiger partial charge >= 0.3 is 5.97 Å². The highest BCUT2D eigenvalue weighted by Gasteiger charge is 2.24. The summed E-state index contributed by atoms with van der Waals surface area (Å²) in [5.74, 6) is 0.457. The van der Waals surface area contributed by atoms with Gasteiger partial charge in [-0.05, 0) is 21.0 Å². The first-order valence-electron chi connectivity index (χ1n) is 6.22. The smallest absolute Gasteiger partial charge is 0.345 e. The molecule has 0 spiro atoms. The summed E-state index contributed by atoms with van der Waals surface area (Å²) in [6.07, 6.45) is 0. The van der Waals surface area contributed by atoms with E-state index in [2.05, 4.69) is 5.10 Å². The lowest BCUT2D eigenvalue weighted by Gasteiger charge is -2.14. The van der Waals surface area contributed by atoms with Crippen LogP contribution in [-0.4, -0.2) is 62.0 Å². The van der Waals surface area contributed by atoms with E-state index in [4.69, 9.17) is 10.5 Å². The Balaban J connectivity index is 3.15. The molecule has 2 N–H and O–H groups in total. The van der Waals surface area contributed by atoms with Crippen LogP contribution in [0.3, 0.4) is 0 Å². The molecule has 1 aromatic heterocycles. The van der Waals surface area contributed by atoms with Gasteiger partial charge in [0.25, 0.3) is 0 Å². The third-order valence-corrected chi connectivity index (χ3v) is 2.96. The van der Waals surface area contributed by atoms with Crippen LogP contribution in [0.15, 0.2) is 0 Å². The first-order valence-corrected chi connectivity index (χ1v) is 6.22. The van der Waals surface area contributed by atoms with Gasteiger partial charge in [-0.2, -0.15) is 5.10 Å². The van der Waals surface area contributed by atoms with Crippen molar-refractivity contribution in [3.8, 4) is 0 Å². The van der Waals surface area contributed by atoms with Gasteiger partial charge in [-0.15, -0.1) is 0 Å². The molecular weight excluding hydrogens is 246 g/mol. The van der Waals surface area contributed by atoms with Crippen molar-refractivity contribution in [3.63, 3.8) is 0 Å². The number of carbonyl (C=O) groups excluding carboxylic acids is 1. The maximum atomic E-state index is 11.8. The molecule has 0 aromatic carbocycles. The van der Waals surface area contributed by atoms with Gasteiger partial charge in [0, 0.05) is 20.1 Å². The van der Waals surface area contributed by atoms with Crippen molar-refractivity contribution < 1.29 is 9.53 Å². The Bertz CT molecular complexity index is 442. The minimum absolute atomic E-state index is 0.339. The minimum Gasteiger partial charge on any atom is -0.465 e. The molecule has 7 heteroatoms. The molecule has 0 radical (unpaired) electrons. The third-order valence-electron chi connectivity index (χ3n) is 2.96. The maximum absolute atomic E-state index is 11.8. The summed E-state index contributed by atoms with van der Waals surface area (Å²) >= 11 is 0. The van der Waals surface area contributed by atoms with Gasteiger partial charge in [0.15, 0.2) is 5.82 Å². The highest BCUT2D eigenvalue weighted by molar-refractivity contribution is 5.99. The molecule has 0 aliphatic carbocycles. The van der Waals surface area contributed by atoms with Gasteiger partial charge < -0.3 is 20.3 Å². The minimum atomic E-state index is -0.455. The number of ether oxygens (including phenoxy) is 1. The summed E-state index contributed by atoms with van der Waals surface area (Å²) in [5.41, 5.74) is 6.35. The largest absolute Gasteiger partial charge is 0.465 e. The summed E-state index contributed by atoms with van der Waals surface area (Å²) in [6.45, 7) is 4.13. The number of likely N-dealkylation sites (N-methyl/N-ethyl adjacent to an activating group) is 1. The van der Waals surface area contributed by atoms with Gasteiger partial charge in [-0.3, -0.25) is 0 Å². The van der Waals surface area contributed by atoms with Crippen molar-refractivity contribution in [2.75, 3.05) is 52.0 Å². The quantitative estimate of drug-likeness (QED) is 0.747. The van der Waals surface area contributed by atoms with E-state index in [1.54, 1.807) is 4.68 Å². The first kappa shape index (κ1) is 15.3. The molecule has 0 aliphatic heterocycles. The topological polar surface area (TPSA) is 76.6 Å². The van der Waals surface area contributed by atoms with Crippen molar-refractivity contribution in [2.45, 2.75) is 13.5 Å². The predicted molar refractivity (Wildman–Crippen MR) is 75.5 cm³/mol. The van der Waals surface area contributed by atoms with E-state index in [1.165, 1.54) is 7.11 Å². The van der Waals surface area contributed by atoms with Gasteiger partial charge in [0.1, 0.15) is 11.4 Å². The molecule has 1 aromatic rings. The summed E-state index contributed by atoms with van der Waals surface area (Å²) in [6, 6.07) is 0. The molecule has 0 saturated heterocycles. The van der Waals surface area contributed by atoms with E-state index in [-0.39, 0.29) is 0 Å². The second kappa shape index (κ2) is 6.42. The number of aromatic nitrogens is 2. The van der Waals surface area contributed by atoms with Gasteiger partial charge in [0.2, 0.25) is 0 Å². The molecular formula is C12H23N5O2. The van der Waals surface area contributed by atoms with Crippen LogP contribution in [0.2, 0.25) is 0 Å². The molecule has 0 aliphatic rings. The first-order chi connectivity index (χ1) is 8.92. The van der Waals surface area contributed by atoms with E-state index in [1.807, 2.05) is 37.9 Å². The second-order valence-electron chi connectivity index (χ2n) is 4.62. The Morgan fingerprint density at radius 1 is 1.42 bits per heavy atom. The van der Waals surface area contributed by atoms with Crippen molar-refractivity contribution in [1.29, 1.82) is 0 Å². The number of nitrogens with two attached hydrogens (primary N) is 1. The number of nitrogens with zero attached hydrogens (tertiary/aromatic N) is 4. The number of anilines is 2. The lowest BCUT2D eigenvalue weighted by molar-refractivity contribution is 0.0602. The highest BCUT2D eigenvalue weighted by Crippen LogP contribution is 2.25. The summed E-state index contributed by atoms with van der Waals surface area (Å²) in [5, 5.41) is 4.41. The molecule has 108 valence electrons. The van der Waals surface area contributed by atoms with Crippen LogP contribution in [0.1, 0.15) is 17.3 Å². The average Bonchev–Trinajstić information content (AvgIpc) is 2.71. The Kier molecular flexibility index (Phi) is 5.17. The van der Waals surface area contributed by atoms with Crippen LogP contribution in [0.25, 0.3) is 0 Å². The van der Waals surface area contributed by atoms with E-state index >= 15 is 0 Å². The molecule has 7 nitrogen and oxygen atoms in total. The summed E-state index contributed by atoms with van der Waals surface area (Å²) in [4.78, 5) is 15.7. The molecule has 0 unspecified atom stereocenters. The number of rotatable bonds is 6. The molecule has 1 rings (SSSR count). The number of methoxy groups -OCH3 is 1. The number of carbonyl (C=O) groups is 1. The second-order valence-corrected chi connectivity index (χ2v) is 4.62. The number of hydrogen-bond donors (Lipinski definition) is 1. The Morgan fingerprint density at radius 3 is 2.53 bits per heavy atom. The van der Waals surface area contributed by atoms with E-state index in [0.717, 1.165) is 13.1 Å². The Labute approximate surface area is 113 Å². The standard InChI is InChI=1S/C12H23N5O2/c1-6-16(4)11-9(12(18)19-5)10(13)17(14-11)8-7-15(2)3/h6-8,13H2,1-5H3. The summed E-state index contributed by atoms with van der Waals surface area (Å²) in [7, 11) is 7.15. The van der Waals surface area contributed by atoms with Crippen LogP contribution in [-0.2, 0) is 11.3 Å². The predicted octanol–water partition coefficient (Wildman–Crippen LogP) is 0.270. The molecule has 19 heavy (non-hydrogen) atoms. The fraction of sp³-hybridized carbons (Fsp3) is 0.667. The fourth-order valence-corrected chi connectivity index (χ4v) is 1.64.